The van der Waals surface area contributed by atoms with Crippen molar-refractivity contribution in [3.63, 3.8) is 0 Å². The lowest BCUT2D eigenvalue weighted by Gasteiger charge is -2.32. The molecule has 0 aliphatic heterocycles. The summed E-state index contributed by atoms with van der Waals surface area (Å²) in [4.78, 5) is 32.9. The van der Waals surface area contributed by atoms with Crippen molar-refractivity contribution in [3.8, 4) is 0 Å². The van der Waals surface area contributed by atoms with Gasteiger partial charge in [-0.1, -0.05) is 0 Å². The van der Waals surface area contributed by atoms with Gasteiger partial charge in [0.05, 0.1) is 11.3 Å². The Kier molecular flexibility index (Phi) is 1.94. The lowest BCUT2D eigenvalue weighted by molar-refractivity contribution is -0.154. The molecular formula is C10H12O4. The lowest BCUT2D eigenvalue weighted by Crippen LogP contribution is -2.43. The Morgan fingerprint density at radius 3 is 2.36 bits per heavy atom. The van der Waals surface area contributed by atoms with E-state index in [-0.39, 0.29) is 11.8 Å². The number of hydrogen-bond donors (Lipinski definition) is 1. The first-order valence-corrected chi connectivity index (χ1v) is 4.81. The summed E-state index contributed by atoms with van der Waals surface area (Å²) in [7, 11) is 0. The van der Waals surface area contributed by atoms with Crippen molar-refractivity contribution in [1.29, 1.82) is 0 Å². The Balaban J connectivity index is 2.42. The van der Waals surface area contributed by atoms with Crippen molar-refractivity contribution >= 4 is 18.5 Å². The number of carboxylic acids is 1. The van der Waals surface area contributed by atoms with Gasteiger partial charge >= 0.3 is 5.97 Å². The average molecular weight is 196 g/mol. The number of carbonyl (C=O) groups is 3. The molecule has 0 radical (unpaired) electrons. The lowest BCUT2D eigenvalue weighted by atomic mass is 9.68. The highest BCUT2D eigenvalue weighted by Gasteiger charge is 2.61. The third-order valence-electron chi connectivity index (χ3n) is 3.86. The fourth-order valence-electron chi connectivity index (χ4n) is 3.22. The Labute approximate surface area is 81.3 Å². The van der Waals surface area contributed by atoms with E-state index < -0.39 is 17.3 Å². The quantitative estimate of drug-likeness (QED) is 0.527. The van der Waals surface area contributed by atoms with Gasteiger partial charge in [-0.15, -0.1) is 0 Å². The number of carboxylic acid groups (broad SMARTS) is 1. The number of hydrogen-bond acceptors (Lipinski definition) is 3. The highest BCUT2D eigenvalue weighted by Crippen LogP contribution is 2.57. The van der Waals surface area contributed by atoms with Crippen LogP contribution in [0.1, 0.15) is 19.3 Å². The van der Waals surface area contributed by atoms with Gasteiger partial charge in [0.15, 0.2) is 0 Å². The molecule has 0 spiro atoms. The SMILES string of the molecule is O=CC1(C=O)C2CCC(C2)C1C(=O)O. The maximum absolute atomic E-state index is 11.0. The summed E-state index contributed by atoms with van der Waals surface area (Å²) < 4.78 is 0. The molecule has 76 valence electrons. The minimum absolute atomic E-state index is 0.0212. The Bertz CT molecular complexity index is 288. The van der Waals surface area contributed by atoms with Crippen LogP contribution in [-0.2, 0) is 14.4 Å². The van der Waals surface area contributed by atoms with Crippen molar-refractivity contribution in [2.45, 2.75) is 19.3 Å². The molecule has 2 rings (SSSR count). The summed E-state index contributed by atoms with van der Waals surface area (Å²) in [6.07, 6.45) is 3.48. The van der Waals surface area contributed by atoms with Crippen LogP contribution < -0.4 is 0 Å². The standard InChI is InChI=1S/C10H12O4/c11-4-10(5-12)7-2-1-6(3-7)8(10)9(13)14/h4-8H,1-3H2,(H,13,14). The van der Waals surface area contributed by atoms with Gasteiger partial charge in [0.25, 0.3) is 0 Å². The van der Waals surface area contributed by atoms with E-state index >= 15 is 0 Å². The second kappa shape index (κ2) is 2.90. The second-order valence-corrected chi connectivity index (χ2v) is 4.32. The Hall–Kier alpha value is -1.19. The molecule has 1 N–H and O–H groups in total. The summed E-state index contributed by atoms with van der Waals surface area (Å²) in [5, 5.41) is 9.02. The van der Waals surface area contributed by atoms with E-state index in [1.165, 1.54) is 0 Å². The van der Waals surface area contributed by atoms with Crippen LogP contribution in [0.2, 0.25) is 0 Å². The molecule has 2 fully saturated rings. The smallest absolute Gasteiger partial charge is 0.308 e. The summed E-state index contributed by atoms with van der Waals surface area (Å²) >= 11 is 0. The molecule has 14 heavy (non-hydrogen) atoms. The zero-order valence-electron chi connectivity index (χ0n) is 7.68. The first-order valence-electron chi connectivity index (χ1n) is 4.81. The van der Waals surface area contributed by atoms with E-state index in [4.69, 9.17) is 5.11 Å². The number of fused-ring (bicyclic) bond motifs is 2. The molecule has 0 amide bonds. The van der Waals surface area contributed by atoms with Crippen LogP contribution in [0.25, 0.3) is 0 Å². The van der Waals surface area contributed by atoms with E-state index in [2.05, 4.69) is 0 Å². The molecule has 0 aromatic heterocycles. The van der Waals surface area contributed by atoms with Gasteiger partial charge in [0.2, 0.25) is 0 Å². The molecule has 2 aliphatic rings. The maximum Gasteiger partial charge on any atom is 0.308 e. The van der Waals surface area contributed by atoms with E-state index in [1.54, 1.807) is 0 Å². The van der Waals surface area contributed by atoms with Gasteiger partial charge in [-0.2, -0.15) is 0 Å². The first kappa shape index (κ1) is 9.37. The molecule has 2 bridgehead atoms. The molecule has 0 heterocycles. The summed E-state index contributed by atoms with van der Waals surface area (Å²) in [6, 6.07) is 0. The third-order valence-corrected chi connectivity index (χ3v) is 3.86. The van der Waals surface area contributed by atoms with Crippen LogP contribution >= 0.6 is 0 Å². The van der Waals surface area contributed by atoms with Crippen LogP contribution in [-0.4, -0.2) is 23.6 Å². The van der Waals surface area contributed by atoms with Crippen molar-refractivity contribution in [2.24, 2.45) is 23.2 Å². The van der Waals surface area contributed by atoms with Gasteiger partial charge in [0.1, 0.15) is 12.6 Å². The molecule has 3 unspecified atom stereocenters. The molecule has 0 aromatic carbocycles. The monoisotopic (exact) mass is 196 g/mol. The van der Waals surface area contributed by atoms with Crippen molar-refractivity contribution in [3.05, 3.63) is 0 Å². The molecule has 2 saturated carbocycles. The molecule has 0 saturated heterocycles. The van der Waals surface area contributed by atoms with E-state index in [1.807, 2.05) is 0 Å². The fraction of sp³-hybridized carbons (Fsp3) is 0.700. The highest BCUT2D eigenvalue weighted by molar-refractivity contribution is 5.92. The molecule has 2 aliphatic carbocycles. The second-order valence-electron chi connectivity index (χ2n) is 4.32. The molecule has 4 heteroatoms. The van der Waals surface area contributed by atoms with Crippen molar-refractivity contribution in [2.75, 3.05) is 0 Å². The maximum atomic E-state index is 11.0. The van der Waals surface area contributed by atoms with Crippen LogP contribution in [0, 0.1) is 23.2 Å². The summed E-state index contributed by atoms with van der Waals surface area (Å²) in [6.45, 7) is 0. The van der Waals surface area contributed by atoms with Crippen LogP contribution in [0.15, 0.2) is 0 Å². The first-order chi connectivity index (χ1) is 6.65. The number of carbonyl (C=O) groups excluding carboxylic acids is 2. The zero-order valence-corrected chi connectivity index (χ0v) is 7.68. The fourth-order valence-corrected chi connectivity index (χ4v) is 3.22. The van der Waals surface area contributed by atoms with E-state index in [0.29, 0.717) is 19.0 Å². The van der Waals surface area contributed by atoms with Crippen LogP contribution in [0.5, 0.6) is 0 Å². The van der Waals surface area contributed by atoms with Gasteiger partial charge in [-0.3, -0.25) is 4.79 Å². The Morgan fingerprint density at radius 1 is 1.29 bits per heavy atom. The average Bonchev–Trinajstić information content (AvgIpc) is 2.74. The highest BCUT2D eigenvalue weighted by atomic mass is 16.4. The van der Waals surface area contributed by atoms with Crippen LogP contribution in [0.4, 0.5) is 0 Å². The Morgan fingerprint density at radius 2 is 1.93 bits per heavy atom. The van der Waals surface area contributed by atoms with Gasteiger partial charge in [-0.05, 0) is 31.1 Å². The molecule has 4 nitrogen and oxygen atoms in total. The normalized spacial score (nSPS) is 38.1. The minimum Gasteiger partial charge on any atom is -0.481 e. The minimum atomic E-state index is -1.23. The molecule has 0 aromatic rings. The number of aldehydes is 2. The summed E-state index contributed by atoms with van der Waals surface area (Å²) in [5.41, 5.74) is -1.23. The van der Waals surface area contributed by atoms with Crippen molar-refractivity contribution in [1.82, 2.24) is 0 Å². The van der Waals surface area contributed by atoms with Crippen molar-refractivity contribution < 1.29 is 19.5 Å². The third kappa shape index (κ3) is 0.910. The summed E-state index contributed by atoms with van der Waals surface area (Å²) in [5.74, 6) is -1.80. The van der Waals surface area contributed by atoms with Gasteiger partial charge in [-0.25, -0.2) is 0 Å². The van der Waals surface area contributed by atoms with Gasteiger partial charge < -0.3 is 14.7 Å². The predicted molar refractivity (Wildman–Crippen MR) is 46.5 cm³/mol. The molecule has 3 atom stereocenters. The van der Waals surface area contributed by atoms with E-state index in [9.17, 15) is 14.4 Å². The van der Waals surface area contributed by atoms with Gasteiger partial charge in [0, 0.05) is 0 Å². The number of rotatable bonds is 3. The predicted octanol–water partition coefficient (Wildman–Crippen LogP) is 0.501. The molecular weight excluding hydrogens is 184 g/mol. The number of aliphatic carboxylic acids is 1. The largest absolute Gasteiger partial charge is 0.481 e. The topological polar surface area (TPSA) is 71.4 Å². The van der Waals surface area contributed by atoms with E-state index in [0.717, 1.165) is 12.8 Å². The van der Waals surface area contributed by atoms with Crippen LogP contribution in [0.3, 0.4) is 0 Å². The zero-order chi connectivity index (χ0) is 10.3.